The Balaban J connectivity index is 1.62. The van der Waals surface area contributed by atoms with Crippen molar-refractivity contribution in [3.63, 3.8) is 0 Å². The number of nitrogens with zero attached hydrogens (tertiary/aromatic N) is 1. The summed E-state index contributed by atoms with van der Waals surface area (Å²) in [6.07, 6.45) is 0.518. The van der Waals surface area contributed by atoms with Crippen molar-refractivity contribution in [1.82, 2.24) is 15.5 Å². The molecular formula is C16H20FN3O3. The molecule has 3 rings (SSSR count). The van der Waals surface area contributed by atoms with Crippen LogP contribution in [0.3, 0.4) is 0 Å². The van der Waals surface area contributed by atoms with Crippen LogP contribution >= 0.6 is 0 Å². The predicted octanol–water partition coefficient (Wildman–Crippen LogP) is -0.316. The normalized spacial score (nSPS) is 27.1. The Labute approximate surface area is 133 Å². The number of aliphatic hydroxyl groups is 1. The standard InChI is InChI=1S/C16H20FN3O3/c1-9-2-3-10(4-12(9)17)6-18-11-5-14-15(22)19-13(8-21)16(23)20(14)7-11/h2-4,11,13-14,18,21H,5-8H2,1H3,(H,19,22)/t11-,13+,14-/m0/s1. The topological polar surface area (TPSA) is 81.7 Å². The van der Waals surface area contributed by atoms with Gasteiger partial charge in [-0.15, -0.1) is 0 Å². The molecule has 7 heteroatoms. The van der Waals surface area contributed by atoms with E-state index >= 15 is 0 Å². The molecule has 23 heavy (non-hydrogen) atoms. The fraction of sp³-hybridized carbons (Fsp3) is 0.500. The lowest BCUT2D eigenvalue weighted by Crippen LogP contribution is -2.62. The van der Waals surface area contributed by atoms with Crippen molar-refractivity contribution in [3.05, 3.63) is 35.1 Å². The van der Waals surface area contributed by atoms with E-state index in [0.717, 1.165) is 5.56 Å². The molecule has 0 aliphatic carbocycles. The number of benzene rings is 1. The zero-order valence-electron chi connectivity index (χ0n) is 12.9. The van der Waals surface area contributed by atoms with Gasteiger partial charge in [0.15, 0.2) is 0 Å². The van der Waals surface area contributed by atoms with Crippen molar-refractivity contribution in [3.8, 4) is 0 Å². The summed E-state index contributed by atoms with van der Waals surface area (Å²) >= 11 is 0. The van der Waals surface area contributed by atoms with Crippen molar-refractivity contribution in [2.24, 2.45) is 0 Å². The number of nitrogens with one attached hydrogen (secondary N) is 2. The van der Waals surface area contributed by atoms with Gasteiger partial charge in [-0.3, -0.25) is 9.59 Å². The number of hydrogen-bond donors (Lipinski definition) is 3. The summed E-state index contributed by atoms with van der Waals surface area (Å²) in [4.78, 5) is 25.7. The van der Waals surface area contributed by atoms with Gasteiger partial charge < -0.3 is 20.6 Å². The molecule has 1 aromatic rings. The molecule has 2 saturated heterocycles. The molecule has 0 spiro atoms. The zero-order chi connectivity index (χ0) is 16.6. The van der Waals surface area contributed by atoms with Gasteiger partial charge in [0.25, 0.3) is 0 Å². The minimum atomic E-state index is -0.844. The quantitative estimate of drug-likeness (QED) is 0.710. The molecule has 2 aliphatic heterocycles. The Hall–Kier alpha value is -1.99. The second-order valence-corrected chi connectivity index (χ2v) is 6.15. The van der Waals surface area contributed by atoms with E-state index in [4.69, 9.17) is 5.11 Å². The van der Waals surface area contributed by atoms with Crippen LogP contribution in [0.5, 0.6) is 0 Å². The molecule has 2 aliphatic rings. The average Bonchev–Trinajstić information content (AvgIpc) is 2.97. The number of aryl methyl sites for hydroxylation is 1. The van der Waals surface area contributed by atoms with E-state index in [1.807, 2.05) is 6.07 Å². The molecular weight excluding hydrogens is 301 g/mol. The summed E-state index contributed by atoms with van der Waals surface area (Å²) in [5.41, 5.74) is 1.42. The van der Waals surface area contributed by atoms with Crippen molar-refractivity contribution >= 4 is 11.8 Å². The van der Waals surface area contributed by atoms with Crippen LogP contribution in [0.1, 0.15) is 17.5 Å². The van der Waals surface area contributed by atoms with Crippen LogP contribution in [-0.4, -0.2) is 53.1 Å². The molecule has 0 bridgehead atoms. The maximum absolute atomic E-state index is 13.5. The van der Waals surface area contributed by atoms with E-state index in [0.29, 0.717) is 25.1 Å². The fourth-order valence-electron chi connectivity index (χ4n) is 3.14. The van der Waals surface area contributed by atoms with E-state index in [-0.39, 0.29) is 23.7 Å². The highest BCUT2D eigenvalue weighted by atomic mass is 19.1. The molecule has 0 aromatic heterocycles. The van der Waals surface area contributed by atoms with Crippen LogP contribution in [0, 0.1) is 12.7 Å². The first-order chi connectivity index (χ1) is 11.0. The Kier molecular flexibility index (Phi) is 4.32. The fourth-order valence-corrected chi connectivity index (χ4v) is 3.14. The highest BCUT2D eigenvalue weighted by molar-refractivity contribution is 5.97. The molecule has 3 N–H and O–H groups in total. The van der Waals surface area contributed by atoms with Crippen LogP contribution < -0.4 is 10.6 Å². The van der Waals surface area contributed by atoms with Crippen LogP contribution in [0.4, 0.5) is 4.39 Å². The maximum atomic E-state index is 13.5. The third kappa shape index (κ3) is 3.07. The Morgan fingerprint density at radius 3 is 2.91 bits per heavy atom. The molecule has 3 atom stereocenters. The van der Waals surface area contributed by atoms with Crippen LogP contribution in [-0.2, 0) is 16.1 Å². The van der Waals surface area contributed by atoms with E-state index < -0.39 is 18.7 Å². The molecule has 2 amide bonds. The van der Waals surface area contributed by atoms with Crippen LogP contribution in [0.25, 0.3) is 0 Å². The van der Waals surface area contributed by atoms with Gasteiger partial charge in [-0.25, -0.2) is 4.39 Å². The third-order valence-corrected chi connectivity index (χ3v) is 4.52. The van der Waals surface area contributed by atoms with Gasteiger partial charge in [0.2, 0.25) is 11.8 Å². The second kappa shape index (κ2) is 6.25. The van der Waals surface area contributed by atoms with Gasteiger partial charge in [-0.05, 0) is 30.5 Å². The van der Waals surface area contributed by atoms with Gasteiger partial charge in [0.05, 0.1) is 6.61 Å². The first kappa shape index (κ1) is 15.9. The lowest BCUT2D eigenvalue weighted by Gasteiger charge is -2.33. The van der Waals surface area contributed by atoms with Crippen molar-refractivity contribution in [1.29, 1.82) is 0 Å². The highest BCUT2D eigenvalue weighted by Crippen LogP contribution is 2.23. The first-order valence-electron chi connectivity index (χ1n) is 7.69. The number of piperazine rings is 1. The minimum absolute atomic E-state index is 0.0310. The lowest BCUT2D eigenvalue weighted by molar-refractivity contribution is -0.148. The first-order valence-corrected chi connectivity index (χ1v) is 7.69. The van der Waals surface area contributed by atoms with Gasteiger partial charge in [0.1, 0.15) is 17.9 Å². The van der Waals surface area contributed by atoms with Crippen LogP contribution in [0.15, 0.2) is 18.2 Å². The zero-order valence-corrected chi connectivity index (χ0v) is 12.9. The molecule has 2 fully saturated rings. The second-order valence-electron chi connectivity index (χ2n) is 6.15. The SMILES string of the molecule is Cc1ccc(CN[C@H]2C[C@H]3C(=O)N[C@H](CO)C(=O)N3C2)cc1F. The van der Waals surface area contributed by atoms with Gasteiger partial charge >= 0.3 is 0 Å². The van der Waals surface area contributed by atoms with Gasteiger partial charge in [-0.2, -0.15) is 0 Å². The van der Waals surface area contributed by atoms with E-state index in [2.05, 4.69) is 10.6 Å². The number of aliphatic hydroxyl groups excluding tert-OH is 1. The Morgan fingerprint density at radius 1 is 1.43 bits per heavy atom. The molecule has 124 valence electrons. The number of rotatable bonds is 4. The van der Waals surface area contributed by atoms with Crippen molar-refractivity contribution < 1.29 is 19.1 Å². The highest BCUT2D eigenvalue weighted by Gasteiger charge is 2.45. The number of hydrogen-bond acceptors (Lipinski definition) is 4. The van der Waals surface area contributed by atoms with Gasteiger partial charge in [-0.1, -0.05) is 12.1 Å². The number of carbonyl (C=O) groups excluding carboxylic acids is 2. The molecule has 0 radical (unpaired) electrons. The summed E-state index contributed by atoms with van der Waals surface area (Å²) in [6, 6.07) is 3.71. The monoisotopic (exact) mass is 321 g/mol. The minimum Gasteiger partial charge on any atom is -0.394 e. The lowest BCUT2D eigenvalue weighted by atomic mass is 10.1. The molecule has 0 unspecified atom stereocenters. The number of fused-ring (bicyclic) bond motifs is 1. The number of carbonyl (C=O) groups is 2. The predicted molar refractivity (Wildman–Crippen MR) is 80.9 cm³/mol. The molecule has 2 heterocycles. The van der Waals surface area contributed by atoms with Crippen molar-refractivity contribution in [2.75, 3.05) is 13.2 Å². The molecule has 6 nitrogen and oxygen atoms in total. The summed E-state index contributed by atoms with van der Waals surface area (Å²) in [5, 5.41) is 15.0. The van der Waals surface area contributed by atoms with E-state index in [9.17, 15) is 14.0 Å². The Bertz CT molecular complexity index is 637. The smallest absolute Gasteiger partial charge is 0.248 e. The summed E-state index contributed by atoms with van der Waals surface area (Å²) in [6.45, 7) is 2.21. The Morgan fingerprint density at radius 2 is 2.22 bits per heavy atom. The summed E-state index contributed by atoms with van der Waals surface area (Å²) < 4.78 is 13.5. The van der Waals surface area contributed by atoms with E-state index in [1.54, 1.807) is 13.0 Å². The average molecular weight is 321 g/mol. The molecule has 1 aromatic carbocycles. The van der Waals surface area contributed by atoms with Crippen LogP contribution in [0.2, 0.25) is 0 Å². The number of halogens is 1. The molecule has 0 saturated carbocycles. The van der Waals surface area contributed by atoms with E-state index in [1.165, 1.54) is 11.0 Å². The number of amides is 2. The summed E-state index contributed by atoms with van der Waals surface area (Å²) in [7, 11) is 0. The summed E-state index contributed by atoms with van der Waals surface area (Å²) in [5.74, 6) is -0.717. The third-order valence-electron chi connectivity index (χ3n) is 4.52. The largest absolute Gasteiger partial charge is 0.394 e. The van der Waals surface area contributed by atoms with Crippen molar-refractivity contribution in [2.45, 2.75) is 38.0 Å². The maximum Gasteiger partial charge on any atom is 0.248 e. The van der Waals surface area contributed by atoms with Gasteiger partial charge in [0, 0.05) is 19.1 Å².